The standard InChI is InChI=1S/C3H5.Al.ClH/c1-3-2;;/h3H,1-2H2;;1H/q;+1;/p-1. The summed E-state index contributed by atoms with van der Waals surface area (Å²) < 4.78 is 0. The van der Waals surface area contributed by atoms with Crippen molar-refractivity contribution in [2.45, 2.75) is 5.28 Å². The van der Waals surface area contributed by atoms with Gasteiger partial charge in [-0.2, -0.15) is 0 Å². The zero-order valence-corrected chi connectivity index (χ0v) is 4.86. The summed E-state index contributed by atoms with van der Waals surface area (Å²) in [5.74, 6) is 0. The number of rotatable bonds is 1. The zero-order chi connectivity index (χ0) is 3.41. The fourth-order valence-corrected chi connectivity index (χ4v) is 0. The molecule has 2 heteroatoms. The summed E-state index contributed by atoms with van der Waals surface area (Å²) in [6.07, 6.45) is 1.84. The molecule has 0 aliphatic carbocycles. The van der Waals surface area contributed by atoms with Crippen molar-refractivity contribution in [1.82, 2.24) is 0 Å². The molecule has 0 atom stereocenters. The van der Waals surface area contributed by atoms with Crippen molar-refractivity contribution in [3.63, 3.8) is 0 Å². The van der Waals surface area contributed by atoms with Crippen molar-refractivity contribution in [3.8, 4) is 0 Å². The number of hydrogen-bond acceptors (Lipinski definition) is 0. The van der Waals surface area contributed by atoms with Gasteiger partial charge >= 0.3 is 34.2 Å². The molecule has 0 spiro atoms. The van der Waals surface area contributed by atoms with Crippen LogP contribution in [0.2, 0.25) is 5.28 Å². The molecule has 0 unspecified atom stereocenters. The Labute approximate surface area is 47.1 Å². The molecule has 0 aliphatic rings. The Morgan fingerprint density at radius 3 is 2.00 bits per heavy atom. The van der Waals surface area contributed by atoms with Crippen molar-refractivity contribution >= 4 is 16.3 Å². The molecule has 0 aliphatic heterocycles. The quantitative estimate of drug-likeness (QED) is 0.260. The summed E-state index contributed by atoms with van der Waals surface area (Å²) in [5, 5.41) is 1.00. The van der Waals surface area contributed by atoms with Gasteiger partial charge in [0.15, 0.2) is 0 Å². The molecule has 0 rings (SSSR count). The van der Waals surface area contributed by atoms with Crippen LogP contribution in [-0.2, 0) is 0 Å². The fraction of sp³-hybridized carbons (Fsp3) is 0.333. The Hall–Kier alpha value is 0.562. The van der Waals surface area contributed by atoms with Gasteiger partial charge < -0.3 is 12.4 Å². The molecular formula is C3H5AlCl. The first-order chi connectivity index (χ1) is 1.91. The molecule has 0 N–H and O–H groups in total. The van der Waals surface area contributed by atoms with Gasteiger partial charge in [-0.05, 0) is 0 Å². The van der Waals surface area contributed by atoms with E-state index in [1.807, 2.05) is 6.08 Å². The van der Waals surface area contributed by atoms with Crippen LogP contribution in [-0.4, -0.2) is 16.3 Å². The summed E-state index contributed by atoms with van der Waals surface area (Å²) in [7, 11) is 0. The molecule has 0 saturated carbocycles. The largest absolute Gasteiger partial charge is 1.00 e. The Morgan fingerprint density at radius 2 is 2.00 bits per heavy atom. The molecule has 1 radical (unpaired) electrons. The topological polar surface area (TPSA) is 0 Å². The first kappa shape index (κ1) is 9.12. The summed E-state index contributed by atoms with van der Waals surface area (Å²) in [5.41, 5.74) is 0. The third-order valence-corrected chi connectivity index (χ3v) is 0.500. The van der Waals surface area contributed by atoms with Gasteiger partial charge in [0.25, 0.3) is 0 Å². The summed E-state index contributed by atoms with van der Waals surface area (Å²) in [6, 6.07) is 0. The van der Waals surface area contributed by atoms with Crippen LogP contribution < -0.4 is 12.4 Å². The van der Waals surface area contributed by atoms with Gasteiger partial charge in [-0.3, -0.25) is 0 Å². The van der Waals surface area contributed by atoms with Gasteiger partial charge in [0.1, 0.15) is 0 Å². The van der Waals surface area contributed by atoms with E-state index in [0.29, 0.717) is 0 Å². The molecule has 0 nitrogen and oxygen atoms in total. The van der Waals surface area contributed by atoms with Crippen molar-refractivity contribution in [3.05, 3.63) is 12.7 Å². The molecule has 0 aromatic carbocycles. The van der Waals surface area contributed by atoms with Crippen LogP contribution in [0.4, 0.5) is 0 Å². The van der Waals surface area contributed by atoms with E-state index in [1.54, 1.807) is 0 Å². The molecule has 0 amide bonds. The van der Waals surface area contributed by atoms with Crippen LogP contribution in [0.1, 0.15) is 0 Å². The van der Waals surface area contributed by atoms with Crippen LogP contribution in [0, 0.1) is 0 Å². The SMILES string of the molecule is C=C[CH2][Al+].[Cl-]. The van der Waals surface area contributed by atoms with Gasteiger partial charge in [-0.25, -0.2) is 0 Å². The molecule has 0 aromatic rings. The Balaban J connectivity index is 0. The molecule has 0 heterocycles. The van der Waals surface area contributed by atoms with E-state index in [2.05, 4.69) is 22.9 Å². The van der Waals surface area contributed by atoms with Crippen molar-refractivity contribution in [1.29, 1.82) is 0 Å². The molecule has 0 fully saturated rings. The minimum absolute atomic E-state index is 0. The van der Waals surface area contributed by atoms with Crippen molar-refractivity contribution in [2.75, 3.05) is 0 Å². The third kappa shape index (κ3) is 12.3. The third-order valence-electron chi connectivity index (χ3n) is 0.167. The molecular weight excluding hydrogens is 98.5 g/mol. The molecule has 0 bridgehead atoms. The fourth-order valence-electron chi connectivity index (χ4n) is 0. The van der Waals surface area contributed by atoms with E-state index in [-0.39, 0.29) is 12.4 Å². The van der Waals surface area contributed by atoms with Gasteiger partial charge in [-0.1, -0.05) is 0 Å². The van der Waals surface area contributed by atoms with Gasteiger partial charge in [0, 0.05) is 0 Å². The first-order valence-corrected chi connectivity index (χ1v) is 2.04. The minimum atomic E-state index is 0. The van der Waals surface area contributed by atoms with Crippen LogP contribution in [0.3, 0.4) is 0 Å². The minimum Gasteiger partial charge on any atom is -1.00 e. The maximum Gasteiger partial charge on any atom is -1.00 e. The van der Waals surface area contributed by atoms with Gasteiger partial charge in [0.05, 0.1) is 0 Å². The van der Waals surface area contributed by atoms with Crippen LogP contribution in [0.15, 0.2) is 12.7 Å². The van der Waals surface area contributed by atoms with E-state index in [9.17, 15) is 0 Å². The van der Waals surface area contributed by atoms with E-state index in [4.69, 9.17) is 0 Å². The monoisotopic (exact) mass is 103 g/mol. The Kier molecular flexibility index (Phi) is 16.1. The van der Waals surface area contributed by atoms with E-state index in [0.717, 1.165) is 5.28 Å². The zero-order valence-electron chi connectivity index (χ0n) is 2.95. The normalized spacial score (nSPS) is 4.60. The average molecular weight is 104 g/mol. The van der Waals surface area contributed by atoms with Gasteiger partial charge in [0.2, 0.25) is 0 Å². The molecule has 0 aromatic heterocycles. The summed E-state index contributed by atoms with van der Waals surface area (Å²) in [4.78, 5) is 0. The van der Waals surface area contributed by atoms with Crippen LogP contribution >= 0.6 is 0 Å². The summed E-state index contributed by atoms with van der Waals surface area (Å²) in [6.45, 7) is 3.46. The maximum atomic E-state index is 3.46. The maximum absolute atomic E-state index is 3.46. The van der Waals surface area contributed by atoms with Crippen LogP contribution in [0.25, 0.3) is 0 Å². The van der Waals surface area contributed by atoms with E-state index in [1.165, 1.54) is 0 Å². The summed E-state index contributed by atoms with van der Waals surface area (Å²) >= 11 is 2.54. The number of allylic oxidation sites excluding steroid dienone is 1. The van der Waals surface area contributed by atoms with E-state index < -0.39 is 0 Å². The molecule has 27 valence electrons. The molecule has 5 heavy (non-hydrogen) atoms. The number of halogens is 1. The predicted octanol–water partition coefficient (Wildman–Crippen LogP) is -2.24. The van der Waals surface area contributed by atoms with Crippen molar-refractivity contribution < 1.29 is 12.4 Å². The Bertz CT molecular complexity index is 20.9. The smallest absolute Gasteiger partial charge is 1.00 e. The second kappa shape index (κ2) is 8.82. The second-order valence-electron chi connectivity index (χ2n) is 0.524. The number of hydrogen-bond donors (Lipinski definition) is 0. The second-order valence-corrected chi connectivity index (χ2v) is 0.996. The van der Waals surface area contributed by atoms with Gasteiger partial charge in [-0.15, -0.1) is 0 Å². The Morgan fingerprint density at radius 1 is 1.80 bits per heavy atom. The predicted molar refractivity (Wildman–Crippen MR) is 20.8 cm³/mol. The van der Waals surface area contributed by atoms with E-state index >= 15 is 0 Å². The first-order valence-electron chi connectivity index (χ1n) is 1.22. The van der Waals surface area contributed by atoms with Crippen LogP contribution in [0.5, 0.6) is 0 Å². The van der Waals surface area contributed by atoms with Crippen molar-refractivity contribution in [2.24, 2.45) is 0 Å². The molecule has 0 saturated heterocycles. The average Bonchev–Trinajstić information content (AvgIpc) is 1.37.